The second-order valence-corrected chi connectivity index (χ2v) is 6.55. The van der Waals surface area contributed by atoms with Crippen LogP contribution in [0.5, 0.6) is 0 Å². The highest BCUT2D eigenvalue weighted by Crippen LogP contribution is 2.27. The molecule has 0 saturated carbocycles. The molecule has 0 aliphatic rings. The zero-order valence-electron chi connectivity index (χ0n) is 15.5. The minimum Gasteiger partial charge on any atom is -0.595 e. The maximum absolute atomic E-state index is 12.4. The first-order chi connectivity index (χ1) is 14.6. The molecule has 2 aromatic carbocycles. The normalized spacial score (nSPS) is 12.3. The van der Waals surface area contributed by atoms with Crippen molar-refractivity contribution in [3.63, 3.8) is 0 Å². The van der Waals surface area contributed by atoms with Gasteiger partial charge in [-0.1, -0.05) is 30.3 Å². The number of hydrogen-bond acceptors (Lipinski definition) is 6. The molecule has 0 aliphatic heterocycles. The number of furan rings is 1. The third-order valence-corrected chi connectivity index (χ3v) is 4.68. The Morgan fingerprint density at radius 1 is 1.00 bits per heavy atom. The molecule has 0 radical (unpaired) electrons. The topological polar surface area (TPSA) is 113 Å². The largest absolute Gasteiger partial charge is 0.595 e. The van der Waals surface area contributed by atoms with Crippen LogP contribution < -0.4 is 10.8 Å². The molecule has 0 aliphatic carbocycles. The molecule has 3 aromatic heterocycles. The molecule has 0 saturated heterocycles. The molecule has 148 valence electrons. The van der Waals surface area contributed by atoms with E-state index in [9.17, 15) is 10.0 Å². The van der Waals surface area contributed by atoms with E-state index < -0.39 is 10.8 Å². The van der Waals surface area contributed by atoms with Gasteiger partial charge in [-0.3, -0.25) is 9.20 Å². The fraction of sp³-hybridized carbons (Fsp3) is 0. The average molecular weight is 401 g/mol. The Morgan fingerprint density at radius 3 is 2.43 bits per heavy atom. The Morgan fingerprint density at radius 2 is 1.77 bits per heavy atom. The summed E-state index contributed by atoms with van der Waals surface area (Å²) in [5.41, 5.74) is 1.73. The first-order valence-electron chi connectivity index (χ1n) is 9.08. The van der Waals surface area contributed by atoms with Gasteiger partial charge in [0.15, 0.2) is 11.4 Å². The summed E-state index contributed by atoms with van der Waals surface area (Å²) in [6.07, 6.45) is 1.54. The van der Waals surface area contributed by atoms with Gasteiger partial charge in [-0.15, -0.1) is 5.10 Å². The van der Waals surface area contributed by atoms with Crippen LogP contribution in [0.1, 0.15) is 0 Å². The number of nitrogens with one attached hydrogen (secondary N) is 1. The van der Waals surface area contributed by atoms with Crippen molar-refractivity contribution in [3.8, 4) is 28.5 Å². The van der Waals surface area contributed by atoms with Crippen LogP contribution in [0.4, 0.5) is 5.69 Å². The van der Waals surface area contributed by atoms with Crippen molar-refractivity contribution in [1.82, 2.24) is 19.2 Å². The van der Waals surface area contributed by atoms with Crippen molar-refractivity contribution in [1.29, 1.82) is 0 Å². The van der Waals surface area contributed by atoms with Crippen LogP contribution in [0.25, 0.3) is 34.3 Å². The Labute approximate surface area is 169 Å². The molecular weight excluding hydrogens is 386 g/mol. The number of rotatable bonds is 4. The third-order valence-electron chi connectivity index (χ3n) is 4.68. The van der Waals surface area contributed by atoms with Gasteiger partial charge in [0, 0.05) is 18.2 Å². The second kappa shape index (κ2) is 7.08. The maximum Gasteiger partial charge on any atom is 0.275 e. The lowest BCUT2D eigenvalue weighted by Crippen LogP contribution is -2.99. The van der Waals surface area contributed by atoms with Crippen LogP contribution in [0, 0.1) is 5.21 Å². The van der Waals surface area contributed by atoms with E-state index in [1.807, 2.05) is 30.3 Å². The van der Waals surface area contributed by atoms with Crippen LogP contribution in [0.2, 0.25) is 0 Å². The molecule has 9 heteroatoms. The molecule has 2 N–H and O–H groups in total. The van der Waals surface area contributed by atoms with E-state index in [0.29, 0.717) is 23.0 Å². The van der Waals surface area contributed by atoms with Crippen LogP contribution in [-0.4, -0.2) is 24.4 Å². The number of fused-ring (bicyclic) bond motifs is 1. The van der Waals surface area contributed by atoms with Gasteiger partial charge in [0.25, 0.3) is 5.56 Å². The van der Waals surface area contributed by atoms with E-state index >= 15 is 0 Å². The molecule has 0 spiro atoms. The quantitative estimate of drug-likeness (QED) is 0.447. The van der Waals surface area contributed by atoms with E-state index in [2.05, 4.69) is 10.1 Å². The zero-order chi connectivity index (χ0) is 20.7. The average Bonchev–Trinajstić information content (AvgIpc) is 3.42. The lowest BCUT2D eigenvalue weighted by molar-refractivity contribution is -0.991. The van der Waals surface area contributed by atoms with Crippen molar-refractivity contribution in [2.45, 2.75) is 0 Å². The molecule has 9 nitrogen and oxygen atoms in total. The van der Waals surface area contributed by atoms with Gasteiger partial charge >= 0.3 is 0 Å². The van der Waals surface area contributed by atoms with Crippen molar-refractivity contribution in [3.05, 3.63) is 94.6 Å². The van der Waals surface area contributed by atoms with Crippen molar-refractivity contribution < 1.29 is 14.9 Å². The molecular formula is C21H15N5O4. The maximum atomic E-state index is 12.4. The van der Waals surface area contributed by atoms with E-state index in [4.69, 9.17) is 9.62 Å². The van der Waals surface area contributed by atoms with Crippen LogP contribution in [-0.2, 0) is 0 Å². The van der Waals surface area contributed by atoms with Gasteiger partial charge in [0.05, 0.1) is 17.6 Å². The molecule has 5 rings (SSSR count). The van der Waals surface area contributed by atoms with Crippen molar-refractivity contribution in [2.75, 3.05) is 0 Å². The van der Waals surface area contributed by atoms with E-state index in [1.165, 1.54) is 22.9 Å². The predicted molar refractivity (Wildman–Crippen MR) is 107 cm³/mol. The van der Waals surface area contributed by atoms with Crippen molar-refractivity contribution in [2.24, 2.45) is 0 Å². The SMILES string of the molecule is O=c1cc(-c2ccccc2)n2c(-c3ccco3)nn(-c3ccc([NH+]([O-])O)cc3)c2n1. The summed E-state index contributed by atoms with van der Waals surface area (Å²) in [6, 6.07) is 20.6. The summed E-state index contributed by atoms with van der Waals surface area (Å²) in [5.74, 6) is 1.25. The Hall–Kier alpha value is -4.05. The highest BCUT2D eigenvalue weighted by molar-refractivity contribution is 5.67. The lowest BCUT2D eigenvalue weighted by atomic mass is 10.1. The van der Waals surface area contributed by atoms with Gasteiger partial charge in [0.2, 0.25) is 11.6 Å². The van der Waals surface area contributed by atoms with Crippen molar-refractivity contribution >= 4 is 11.5 Å². The molecule has 0 amide bonds. The number of quaternary nitrogens is 1. The highest BCUT2D eigenvalue weighted by Gasteiger charge is 2.20. The summed E-state index contributed by atoms with van der Waals surface area (Å²) >= 11 is 0. The van der Waals surface area contributed by atoms with Gasteiger partial charge in [-0.25, -0.2) is 5.21 Å². The van der Waals surface area contributed by atoms with Gasteiger partial charge < -0.3 is 9.62 Å². The number of aromatic nitrogens is 4. The fourth-order valence-corrected chi connectivity index (χ4v) is 3.31. The standard InChI is InChI=1S/C21H15N5O4/c27-19-13-17(14-5-2-1-3-6-14)24-20(18-7-4-12-30-18)23-25(21(24)22-19)15-8-10-16(11-9-15)26(28)29/h1-13,26,28H. The summed E-state index contributed by atoms with van der Waals surface area (Å²) < 4.78 is 8.82. The summed E-state index contributed by atoms with van der Waals surface area (Å²) in [5, 5.41) is 23.9. The Kier molecular flexibility index (Phi) is 4.25. The predicted octanol–water partition coefficient (Wildman–Crippen LogP) is 2.21. The molecule has 1 unspecified atom stereocenters. The Balaban J connectivity index is 1.83. The fourth-order valence-electron chi connectivity index (χ4n) is 3.31. The lowest BCUT2D eigenvalue weighted by Gasteiger charge is -2.11. The van der Waals surface area contributed by atoms with Crippen LogP contribution >= 0.6 is 0 Å². The second-order valence-electron chi connectivity index (χ2n) is 6.55. The first-order valence-corrected chi connectivity index (χ1v) is 9.08. The summed E-state index contributed by atoms with van der Waals surface area (Å²) in [4.78, 5) is 16.6. The number of hydrogen-bond donors (Lipinski definition) is 2. The van der Waals surface area contributed by atoms with Gasteiger partial charge in [0.1, 0.15) is 0 Å². The molecule has 0 bridgehead atoms. The summed E-state index contributed by atoms with van der Waals surface area (Å²) in [6.45, 7) is 0. The van der Waals surface area contributed by atoms with Gasteiger partial charge in [-0.05, 0) is 29.8 Å². The molecule has 30 heavy (non-hydrogen) atoms. The molecule has 1 atom stereocenters. The van der Waals surface area contributed by atoms with Crippen LogP contribution in [0.15, 0.2) is 88.3 Å². The van der Waals surface area contributed by atoms with Crippen LogP contribution in [0.3, 0.4) is 0 Å². The smallest absolute Gasteiger partial charge is 0.275 e. The Bertz CT molecular complexity index is 1370. The van der Waals surface area contributed by atoms with E-state index in [0.717, 1.165) is 5.56 Å². The monoisotopic (exact) mass is 401 g/mol. The minimum absolute atomic E-state index is 0.150. The minimum atomic E-state index is -1.02. The first kappa shape index (κ1) is 18.0. The molecule has 0 fully saturated rings. The summed E-state index contributed by atoms with van der Waals surface area (Å²) in [7, 11) is 0. The third kappa shape index (κ3) is 2.99. The highest BCUT2D eigenvalue weighted by atomic mass is 16.8. The van der Waals surface area contributed by atoms with Gasteiger partial charge in [-0.2, -0.15) is 14.9 Å². The molecule has 3 heterocycles. The number of benzene rings is 2. The molecule has 5 aromatic rings. The van der Waals surface area contributed by atoms with E-state index in [-0.39, 0.29) is 11.5 Å². The van der Waals surface area contributed by atoms with E-state index in [1.54, 1.807) is 34.9 Å². The zero-order valence-corrected chi connectivity index (χ0v) is 15.5. The number of nitrogens with zero attached hydrogens (tertiary/aromatic N) is 4.